The number of hydrogen-bond acceptors (Lipinski definition) is 2. The van der Waals surface area contributed by atoms with Crippen molar-refractivity contribution in [3.05, 3.63) is 34.9 Å². The predicted molar refractivity (Wildman–Crippen MR) is 65.5 cm³/mol. The van der Waals surface area contributed by atoms with E-state index in [0.717, 1.165) is 6.42 Å². The molecule has 1 aromatic rings. The quantitative estimate of drug-likeness (QED) is 0.574. The van der Waals surface area contributed by atoms with E-state index in [1.54, 1.807) is 0 Å². The molecule has 0 aromatic heterocycles. The fourth-order valence-corrected chi connectivity index (χ4v) is 1.89. The molecule has 0 spiro atoms. The number of rotatable bonds is 5. The molecule has 0 amide bonds. The summed E-state index contributed by atoms with van der Waals surface area (Å²) in [7, 11) is 0. The maximum absolute atomic E-state index is 5.61. The minimum atomic E-state index is 0.296. The number of hydrazine groups is 1. The van der Waals surface area contributed by atoms with Crippen LogP contribution in [0.25, 0.3) is 0 Å². The van der Waals surface area contributed by atoms with Crippen LogP contribution in [0.4, 0.5) is 0 Å². The van der Waals surface area contributed by atoms with Gasteiger partial charge in [0.2, 0.25) is 0 Å². The van der Waals surface area contributed by atoms with Crippen molar-refractivity contribution in [1.29, 1.82) is 0 Å². The lowest BCUT2D eigenvalue weighted by molar-refractivity contribution is 0.493. The first-order chi connectivity index (χ1) is 7.20. The van der Waals surface area contributed by atoms with E-state index >= 15 is 0 Å². The van der Waals surface area contributed by atoms with E-state index < -0.39 is 0 Å². The first kappa shape index (κ1) is 12.2. The van der Waals surface area contributed by atoms with Crippen LogP contribution in [0.3, 0.4) is 0 Å². The molecule has 3 N–H and O–H groups in total. The van der Waals surface area contributed by atoms with Gasteiger partial charge in [0.05, 0.1) is 0 Å². The Morgan fingerprint density at radius 1 is 1.33 bits per heavy atom. The van der Waals surface area contributed by atoms with Crippen molar-refractivity contribution in [3.8, 4) is 0 Å². The van der Waals surface area contributed by atoms with E-state index in [0.29, 0.717) is 6.04 Å². The number of benzene rings is 1. The highest BCUT2D eigenvalue weighted by Gasteiger charge is 2.11. The Morgan fingerprint density at radius 3 is 2.67 bits per heavy atom. The van der Waals surface area contributed by atoms with E-state index in [1.165, 1.54) is 29.5 Å². The summed E-state index contributed by atoms with van der Waals surface area (Å²) < 4.78 is 0. The van der Waals surface area contributed by atoms with Crippen molar-refractivity contribution in [1.82, 2.24) is 5.43 Å². The third-order valence-corrected chi connectivity index (χ3v) is 3.07. The zero-order valence-electron chi connectivity index (χ0n) is 10.0. The average Bonchev–Trinajstić information content (AvgIpc) is 2.25. The number of aryl methyl sites for hydroxylation is 1. The van der Waals surface area contributed by atoms with Gasteiger partial charge in [0.25, 0.3) is 0 Å². The molecule has 15 heavy (non-hydrogen) atoms. The van der Waals surface area contributed by atoms with Crippen LogP contribution in [0.1, 0.15) is 48.9 Å². The molecule has 0 fully saturated rings. The summed E-state index contributed by atoms with van der Waals surface area (Å²) in [4.78, 5) is 0. The zero-order chi connectivity index (χ0) is 11.3. The van der Waals surface area contributed by atoms with Crippen molar-refractivity contribution in [3.63, 3.8) is 0 Å². The minimum absolute atomic E-state index is 0.296. The molecule has 1 aromatic carbocycles. The van der Waals surface area contributed by atoms with Crippen LogP contribution in [0, 0.1) is 13.8 Å². The molecular weight excluding hydrogens is 184 g/mol. The lowest BCUT2D eigenvalue weighted by Crippen LogP contribution is -2.28. The molecule has 2 nitrogen and oxygen atoms in total. The Hall–Kier alpha value is -0.860. The van der Waals surface area contributed by atoms with Crippen molar-refractivity contribution < 1.29 is 0 Å². The topological polar surface area (TPSA) is 38.0 Å². The highest BCUT2D eigenvalue weighted by molar-refractivity contribution is 5.35. The van der Waals surface area contributed by atoms with Gasteiger partial charge < -0.3 is 0 Å². The summed E-state index contributed by atoms with van der Waals surface area (Å²) >= 11 is 0. The molecular formula is C13H22N2. The SMILES string of the molecule is CCCCC(NN)c1cccc(C)c1C. The van der Waals surface area contributed by atoms with Crippen LogP contribution in [0.15, 0.2) is 18.2 Å². The highest BCUT2D eigenvalue weighted by Crippen LogP contribution is 2.23. The van der Waals surface area contributed by atoms with E-state index in [4.69, 9.17) is 5.84 Å². The van der Waals surface area contributed by atoms with Crippen LogP contribution in [0.5, 0.6) is 0 Å². The van der Waals surface area contributed by atoms with Gasteiger partial charge in [-0.2, -0.15) is 0 Å². The van der Waals surface area contributed by atoms with Gasteiger partial charge in [-0.05, 0) is 37.0 Å². The van der Waals surface area contributed by atoms with Crippen molar-refractivity contribution in [2.24, 2.45) is 5.84 Å². The van der Waals surface area contributed by atoms with Gasteiger partial charge >= 0.3 is 0 Å². The normalized spacial score (nSPS) is 12.8. The zero-order valence-corrected chi connectivity index (χ0v) is 10.0. The standard InChI is InChI=1S/C13H22N2/c1-4-5-9-13(15-14)12-8-6-7-10(2)11(12)3/h6-8,13,15H,4-5,9,14H2,1-3H3. The van der Waals surface area contributed by atoms with Crippen LogP contribution in [0.2, 0.25) is 0 Å². The molecule has 2 heteroatoms. The first-order valence-electron chi connectivity index (χ1n) is 5.73. The smallest absolute Gasteiger partial charge is 0.0462 e. The predicted octanol–water partition coefficient (Wildman–Crippen LogP) is 3.00. The summed E-state index contributed by atoms with van der Waals surface area (Å²) in [6.45, 7) is 6.52. The second kappa shape index (κ2) is 5.89. The summed E-state index contributed by atoms with van der Waals surface area (Å²) in [6.07, 6.45) is 3.53. The number of nitrogens with two attached hydrogens (primary N) is 1. The van der Waals surface area contributed by atoms with Crippen molar-refractivity contribution in [2.45, 2.75) is 46.1 Å². The fourth-order valence-electron chi connectivity index (χ4n) is 1.89. The molecule has 0 aliphatic heterocycles. The third-order valence-electron chi connectivity index (χ3n) is 3.07. The molecule has 84 valence electrons. The number of nitrogens with one attached hydrogen (secondary N) is 1. The summed E-state index contributed by atoms with van der Waals surface area (Å²) in [5, 5.41) is 0. The molecule has 0 aliphatic rings. The van der Waals surface area contributed by atoms with Crippen LogP contribution < -0.4 is 11.3 Å². The summed E-state index contributed by atoms with van der Waals surface area (Å²) in [6, 6.07) is 6.72. The maximum atomic E-state index is 5.61. The summed E-state index contributed by atoms with van der Waals surface area (Å²) in [5.41, 5.74) is 6.96. The molecule has 0 heterocycles. The van der Waals surface area contributed by atoms with Gasteiger partial charge in [0.1, 0.15) is 0 Å². The van der Waals surface area contributed by atoms with Crippen LogP contribution >= 0.6 is 0 Å². The Balaban J connectivity index is 2.86. The van der Waals surface area contributed by atoms with E-state index in [-0.39, 0.29) is 0 Å². The van der Waals surface area contributed by atoms with Gasteiger partial charge in [0, 0.05) is 6.04 Å². The van der Waals surface area contributed by atoms with Gasteiger partial charge in [-0.1, -0.05) is 38.0 Å². The van der Waals surface area contributed by atoms with E-state index in [1.807, 2.05) is 0 Å². The second-order valence-electron chi connectivity index (χ2n) is 4.15. The molecule has 0 bridgehead atoms. The second-order valence-corrected chi connectivity index (χ2v) is 4.15. The Bertz CT molecular complexity index is 307. The monoisotopic (exact) mass is 206 g/mol. The number of hydrogen-bond donors (Lipinski definition) is 2. The third kappa shape index (κ3) is 3.05. The molecule has 0 aliphatic carbocycles. The van der Waals surface area contributed by atoms with E-state index in [9.17, 15) is 0 Å². The highest BCUT2D eigenvalue weighted by atomic mass is 15.2. The van der Waals surface area contributed by atoms with Gasteiger partial charge in [-0.3, -0.25) is 11.3 Å². The Labute approximate surface area is 92.8 Å². The Kier molecular flexibility index (Phi) is 4.79. The number of unbranched alkanes of at least 4 members (excludes halogenated alkanes) is 1. The lowest BCUT2D eigenvalue weighted by Gasteiger charge is -2.19. The fraction of sp³-hybridized carbons (Fsp3) is 0.538. The molecule has 1 unspecified atom stereocenters. The maximum Gasteiger partial charge on any atom is 0.0462 e. The van der Waals surface area contributed by atoms with Gasteiger partial charge in [-0.15, -0.1) is 0 Å². The molecule has 0 radical (unpaired) electrons. The first-order valence-corrected chi connectivity index (χ1v) is 5.73. The molecule has 1 atom stereocenters. The molecule has 0 saturated carbocycles. The van der Waals surface area contributed by atoms with Crippen molar-refractivity contribution in [2.75, 3.05) is 0 Å². The average molecular weight is 206 g/mol. The van der Waals surface area contributed by atoms with Gasteiger partial charge in [0.15, 0.2) is 0 Å². The van der Waals surface area contributed by atoms with Crippen LogP contribution in [-0.4, -0.2) is 0 Å². The largest absolute Gasteiger partial charge is 0.271 e. The lowest BCUT2D eigenvalue weighted by atomic mass is 9.95. The minimum Gasteiger partial charge on any atom is -0.271 e. The van der Waals surface area contributed by atoms with Crippen LogP contribution in [-0.2, 0) is 0 Å². The van der Waals surface area contributed by atoms with E-state index in [2.05, 4.69) is 44.4 Å². The molecule has 1 rings (SSSR count). The van der Waals surface area contributed by atoms with Gasteiger partial charge in [-0.25, -0.2) is 0 Å². The Morgan fingerprint density at radius 2 is 2.07 bits per heavy atom. The summed E-state index contributed by atoms with van der Waals surface area (Å²) in [5.74, 6) is 5.61. The molecule has 0 saturated heterocycles. The van der Waals surface area contributed by atoms with Crippen molar-refractivity contribution >= 4 is 0 Å².